The molecule has 1 unspecified atom stereocenters. The van der Waals surface area contributed by atoms with Gasteiger partial charge < -0.3 is 9.84 Å². The molecule has 214 valence electrons. The average molecular weight is 519 g/mol. The summed E-state index contributed by atoms with van der Waals surface area (Å²) in [6.45, 7) is 4.43. The molecule has 1 N–H and O–H groups in total. The van der Waals surface area contributed by atoms with E-state index in [2.05, 4.69) is 50.3 Å². The Hall–Kier alpha value is -1.84. The lowest BCUT2D eigenvalue weighted by molar-refractivity contribution is -0.147. The normalized spacial score (nSPS) is 12.7. The summed E-state index contributed by atoms with van der Waals surface area (Å²) in [7, 11) is 0. The van der Waals surface area contributed by atoms with Crippen LogP contribution in [-0.4, -0.2) is 23.1 Å². The van der Waals surface area contributed by atoms with Gasteiger partial charge in [0.25, 0.3) is 0 Å². The van der Waals surface area contributed by atoms with E-state index in [-0.39, 0.29) is 18.5 Å². The van der Waals surface area contributed by atoms with Crippen molar-refractivity contribution in [3.63, 3.8) is 0 Å². The second-order valence-corrected chi connectivity index (χ2v) is 10.3. The lowest BCUT2D eigenvalue weighted by Gasteiger charge is -2.14. The van der Waals surface area contributed by atoms with Crippen molar-refractivity contribution in [3.05, 3.63) is 36.5 Å². The number of ether oxygens (including phenoxy) is 1. The van der Waals surface area contributed by atoms with Crippen LogP contribution in [0.3, 0.4) is 0 Å². The number of unbranched alkanes of at least 4 members (excludes halogenated alkanes) is 14. The van der Waals surface area contributed by atoms with E-state index < -0.39 is 5.97 Å². The van der Waals surface area contributed by atoms with Gasteiger partial charge in [-0.25, -0.2) is 0 Å². The first-order valence-electron chi connectivity index (χ1n) is 15.5. The van der Waals surface area contributed by atoms with E-state index in [1.807, 2.05) is 0 Å². The van der Waals surface area contributed by atoms with Crippen LogP contribution in [-0.2, 0) is 14.3 Å². The molecule has 0 saturated carbocycles. The fraction of sp³-hybridized carbons (Fsp3) is 0.758. The lowest BCUT2D eigenvalue weighted by Crippen LogP contribution is -2.16. The van der Waals surface area contributed by atoms with Gasteiger partial charge in [0, 0.05) is 12.8 Å². The van der Waals surface area contributed by atoms with Gasteiger partial charge in [0.1, 0.15) is 6.10 Å². The van der Waals surface area contributed by atoms with Gasteiger partial charge in [0.05, 0.1) is 0 Å². The largest absolute Gasteiger partial charge is 0.481 e. The number of carbonyl (C=O) groups is 2. The molecule has 4 heteroatoms. The zero-order valence-electron chi connectivity index (χ0n) is 24.3. The summed E-state index contributed by atoms with van der Waals surface area (Å²) in [6.07, 6.45) is 35.9. The van der Waals surface area contributed by atoms with Gasteiger partial charge in [-0.05, 0) is 70.3 Å². The zero-order valence-corrected chi connectivity index (χ0v) is 24.3. The fourth-order valence-electron chi connectivity index (χ4n) is 4.25. The maximum atomic E-state index is 12.5. The third-order valence-electron chi connectivity index (χ3n) is 6.55. The molecule has 0 heterocycles. The predicted octanol–water partition coefficient (Wildman–Crippen LogP) is 10.3. The molecule has 0 aliphatic rings. The quantitative estimate of drug-likeness (QED) is 0.0667. The Morgan fingerprint density at radius 2 is 1.19 bits per heavy atom. The molecule has 0 aliphatic heterocycles. The number of carboxylic acid groups (broad SMARTS) is 1. The minimum atomic E-state index is -0.706. The van der Waals surface area contributed by atoms with Crippen molar-refractivity contribution in [3.8, 4) is 0 Å². The van der Waals surface area contributed by atoms with Crippen LogP contribution in [0.5, 0.6) is 0 Å². The van der Waals surface area contributed by atoms with Crippen LogP contribution in [0.25, 0.3) is 0 Å². The molecule has 0 aliphatic carbocycles. The Labute approximate surface area is 229 Å². The minimum Gasteiger partial charge on any atom is -0.481 e. The molecule has 0 spiro atoms. The molecule has 0 aromatic carbocycles. The summed E-state index contributed by atoms with van der Waals surface area (Å²) >= 11 is 0. The van der Waals surface area contributed by atoms with Crippen LogP contribution in [0, 0.1) is 0 Å². The van der Waals surface area contributed by atoms with Crippen LogP contribution < -0.4 is 0 Å². The maximum Gasteiger partial charge on any atom is 0.306 e. The number of hydrogen-bond acceptors (Lipinski definition) is 3. The Kier molecular flexibility index (Phi) is 27.3. The van der Waals surface area contributed by atoms with Gasteiger partial charge in [-0.15, -0.1) is 0 Å². The first kappa shape index (κ1) is 35.2. The van der Waals surface area contributed by atoms with Gasteiger partial charge in [-0.1, -0.05) is 108 Å². The maximum absolute atomic E-state index is 12.5. The van der Waals surface area contributed by atoms with Crippen molar-refractivity contribution in [1.29, 1.82) is 0 Å². The molecular weight excluding hydrogens is 460 g/mol. The van der Waals surface area contributed by atoms with Crippen molar-refractivity contribution in [2.24, 2.45) is 0 Å². The number of rotatable bonds is 27. The number of carbonyl (C=O) groups excluding carboxylic acids is 1. The standard InChI is InChI=1S/C33H58O4/c1-3-5-7-9-11-13-14-16-22-26-30-33(36)37-31(27-23-19-15-12-10-8-6-4-2)28-24-20-17-18-21-25-29-32(34)35/h7,9,12,15,23,27,31H,3-6,8,10-11,13-14,16-22,24-26,28-30H2,1-2H3,(H,34,35)/b9-7-,15-12-,27-23-. The molecule has 4 nitrogen and oxygen atoms in total. The SMILES string of the molecule is CCC/C=C\CCCCCCCC(=O)OC(/C=C\C/C=C\CCCCC)CCCCCCCCC(=O)O. The zero-order chi connectivity index (χ0) is 27.2. The van der Waals surface area contributed by atoms with Crippen LogP contribution in [0.4, 0.5) is 0 Å². The summed E-state index contributed by atoms with van der Waals surface area (Å²) in [5, 5.41) is 8.72. The molecular formula is C33H58O4. The van der Waals surface area contributed by atoms with Crippen molar-refractivity contribution >= 4 is 11.9 Å². The molecule has 0 radical (unpaired) electrons. The summed E-state index contributed by atoms with van der Waals surface area (Å²) in [5.41, 5.74) is 0. The molecule has 37 heavy (non-hydrogen) atoms. The van der Waals surface area contributed by atoms with E-state index in [0.29, 0.717) is 6.42 Å². The van der Waals surface area contributed by atoms with Crippen LogP contribution in [0.1, 0.15) is 155 Å². The highest BCUT2D eigenvalue weighted by Crippen LogP contribution is 2.15. The molecule has 0 bridgehead atoms. The molecule has 0 fully saturated rings. The van der Waals surface area contributed by atoms with Gasteiger partial charge in [-0.3, -0.25) is 9.59 Å². The van der Waals surface area contributed by atoms with E-state index in [4.69, 9.17) is 9.84 Å². The Morgan fingerprint density at radius 3 is 1.86 bits per heavy atom. The topological polar surface area (TPSA) is 63.6 Å². The number of allylic oxidation sites excluding steroid dienone is 5. The Balaban J connectivity index is 4.22. The number of carboxylic acids is 1. The van der Waals surface area contributed by atoms with E-state index in [1.54, 1.807) is 0 Å². The monoisotopic (exact) mass is 518 g/mol. The fourth-order valence-corrected chi connectivity index (χ4v) is 4.25. The van der Waals surface area contributed by atoms with E-state index in [0.717, 1.165) is 70.6 Å². The lowest BCUT2D eigenvalue weighted by atomic mass is 10.1. The van der Waals surface area contributed by atoms with Crippen molar-refractivity contribution in [2.45, 2.75) is 161 Å². The summed E-state index contributed by atoms with van der Waals surface area (Å²) in [5.74, 6) is -0.775. The van der Waals surface area contributed by atoms with Gasteiger partial charge >= 0.3 is 11.9 Å². The Morgan fingerprint density at radius 1 is 0.622 bits per heavy atom. The first-order valence-corrected chi connectivity index (χ1v) is 15.5. The van der Waals surface area contributed by atoms with Crippen molar-refractivity contribution in [2.75, 3.05) is 0 Å². The molecule has 0 amide bonds. The van der Waals surface area contributed by atoms with Crippen molar-refractivity contribution in [1.82, 2.24) is 0 Å². The smallest absolute Gasteiger partial charge is 0.306 e. The summed E-state index contributed by atoms with van der Waals surface area (Å²) in [6, 6.07) is 0. The highest BCUT2D eigenvalue weighted by molar-refractivity contribution is 5.69. The van der Waals surface area contributed by atoms with Crippen LogP contribution in [0.2, 0.25) is 0 Å². The third kappa shape index (κ3) is 28.6. The van der Waals surface area contributed by atoms with E-state index >= 15 is 0 Å². The highest BCUT2D eigenvalue weighted by atomic mass is 16.5. The summed E-state index contributed by atoms with van der Waals surface area (Å²) < 4.78 is 5.84. The van der Waals surface area contributed by atoms with E-state index in [1.165, 1.54) is 57.8 Å². The molecule has 1 atom stereocenters. The highest BCUT2D eigenvalue weighted by Gasteiger charge is 2.11. The van der Waals surface area contributed by atoms with Crippen LogP contribution in [0.15, 0.2) is 36.5 Å². The van der Waals surface area contributed by atoms with E-state index in [9.17, 15) is 9.59 Å². The average Bonchev–Trinajstić information content (AvgIpc) is 2.87. The van der Waals surface area contributed by atoms with Crippen LogP contribution >= 0.6 is 0 Å². The second-order valence-electron chi connectivity index (χ2n) is 10.3. The summed E-state index contributed by atoms with van der Waals surface area (Å²) in [4.78, 5) is 23.1. The van der Waals surface area contributed by atoms with Gasteiger partial charge in [-0.2, -0.15) is 0 Å². The molecule has 0 aromatic rings. The first-order chi connectivity index (χ1) is 18.1. The molecule has 0 rings (SSSR count). The number of aliphatic carboxylic acids is 1. The molecule has 0 aromatic heterocycles. The minimum absolute atomic E-state index is 0.0686. The Bertz CT molecular complexity index is 605. The van der Waals surface area contributed by atoms with Gasteiger partial charge in [0.2, 0.25) is 0 Å². The number of hydrogen-bond donors (Lipinski definition) is 1. The van der Waals surface area contributed by atoms with Crippen molar-refractivity contribution < 1.29 is 19.4 Å². The number of esters is 1. The predicted molar refractivity (Wildman–Crippen MR) is 158 cm³/mol. The van der Waals surface area contributed by atoms with Gasteiger partial charge in [0.15, 0.2) is 0 Å². The second kappa shape index (κ2) is 28.7. The molecule has 0 saturated heterocycles. The third-order valence-corrected chi connectivity index (χ3v) is 6.55.